The topological polar surface area (TPSA) is 59.0 Å². The average molecular weight is 576 g/mol. The Morgan fingerprint density at radius 1 is 1.02 bits per heavy atom. The number of benzene rings is 2. The van der Waals surface area contributed by atoms with Gasteiger partial charge in [-0.05, 0) is 85.4 Å². The number of fused-ring (bicyclic) bond motifs is 3. The lowest BCUT2D eigenvalue weighted by Crippen LogP contribution is -2.57. The van der Waals surface area contributed by atoms with Crippen LogP contribution in [0.5, 0.6) is 5.75 Å². The third-order valence-electron chi connectivity index (χ3n) is 9.95. The fraction of sp³-hybridized carbons (Fsp3) is 0.594. The molecule has 9 heteroatoms. The number of hydrogen-bond acceptors (Lipinski definition) is 4. The first-order chi connectivity index (χ1) is 19.5. The Kier molecular flexibility index (Phi) is 7.55. The predicted octanol–water partition coefficient (Wildman–Crippen LogP) is 6.71. The van der Waals surface area contributed by atoms with Crippen LogP contribution in [0.25, 0.3) is 0 Å². The average Bonchev–Trinajstić information content (AvgIpc) is 3.76. The van der Waals surface area contributed by atoms with Crippen molar-refractivity contribution in [1.29, 1.82) is 0 Å². The maximum atomic E-state index is 14.1. The quantitative estimate of drug-likeness (QED) is 0.372. The summed E-state index contributed by atoms with van der Waals surface area (Å²) in [5, 5.41) is 9.71. The number of aliphatic carboxylic acids is 1. The fourth-order valence-corrected chi connectivity index (χ4v) is 7.72. The highest BCUT2D eigenvalue weighted by molar-refractivity contribution is 5.71. The number of rotatable bonds is 7. The summed E-state index contributed by atoms with van der Waals surface area (Å²) in [4.78, 5) is 13.9. The normalized spacial score (nSPS) is 28.7. The van der Waals surface area contributed by atoms with Gasteiger partial charge in [-0.1, -0.05) is 19.1 Å². The molecule has 0 amide bonds. The van der Waals surface area contributed by atoms with E-state index in [-0.39, 0.29) is 35.3 Å². The number of carboxylic acid groups (broad SMARTS) is 1. The van der Waals surface area contributed by atoms with Crippen LogP contribution >= 0.6 is 0 Å². The number of piperidine rings is 1. The summed E-state index contributed by atoms with van der Waals surface area (Å²) in [6.45, 7) is 5.61. The van der Waals surface area contributed by atoms with Gasteiger partial charge in [0.15, 0.2) is 0 Å². The fourth-order valence-electron chi connectivity index (χ4n) is 7.72. The Labute approximate surface area is 237 Å². The minimum absolute atomic E-state index is 0.0360. The molecule has 1 N–H and O–H groups in total. The van der Waals surface area contributed by atoms with E-state index in [4.69, 9.17) is 9.47 Å². The highest BCUT2D eigenvalue weighted by Crippen LogP contribution is 2.49. The zero-order valence-electron chi connectivity index (χ0n) is 23.4. The molecule has 1 saturated carbocycles. The molecule has 4 aliphatic rings. The molecule has 2 bridgehead atoms. The van der Waals surface area contributed by atoms with Gasteiger partial charge in [0.1, 0.15) is 17.7 Å². The monoisotopic (exact) mass is 575 g/mol. The van der Waals surface area contributed by atoms with E-state index in [9.17, 15) is 27.5 Å². The standard InChI is InChI=1S/C32H37F4NO4/c1-17(31(38)39)29(20-4-5-20)21-6-3-19-7-10-27(41-28(19)11-21)30-22-13-37(14-23(30)16-40-15-22)18(2)25-12-24(33)8-9-26(25)32(34,35)36/h3,6,8-9,11-12,17-18,20,22-23,27,29-30H,4-5,7,10,13-16H2,1-2H3,(H,38,39)/t17-,18?,22-,23+,27?,29-,30?/m0/s1. The Morgan fingerprint density at radius 2 is 1.73 bits per heavy atom. The van der Waals surface area contributed by atoms with Gasteiger partial charge in [0.05, 0.1) is 24.7 Å². The van der Waals surface area contributed by atoms with E-state index in [1.165, 1.54) is 0 Å². The summed E-state index contributed by atoms with van der Waals surface area (Å²) in [5.74, 6) is -0.411. The minimum atomic E-state index is -4.56. The van der Waals surface area contributed by atoms with Crippen molar-refractivity contribution in [2.24, 2.45) is 29.6 Å². The van der Waals surface area contributed by atoms with Crippen LogP contribution < -0.4 is 4.74 Å². The van der Waals surface area contributed by atoms with Crippen molar-refractivity contribution in [3.05, 3.63) is 64.5 Å². The zero-order chi connectivity index (χ0) is 29.1. The van der Waals surface area contributed by atoms with Crippen LogP contribution in [-0.2, 0) is 22.1 Å². The molecule has 2 aromatic rings. The van der Waals surface area contributed by atoms with Crippen molar-refractivity contribution in [1.82, 2.24) is 4.90 Å². The van der Waals surface area contributed by atoms with Crippen molar-refractivity contribution < 1.29 is 36.9 Å². The largest absolute Gasteiger partial charge is 0.490 e. The van der Waals surface area contributed by atoms with Gasteiger partial charge >= 0.3 is 12.1 Å². The van der Waals surface area contributed by atoms with Gasteiger partial charge in [-0.2, -0.15) is 13.2 Å². The maximum absolute atomic E-state index is 14.1. The molecule has 2 aromatic carbocycles. The lowest BCUT2D eigenvalue weighted by molar-refractivity contribution is -0.142. The molecule has 0 aromatic heterocycles. The number of alkyl halides is 3. The molecular formula is C32H37F4NO4. The molecule has 222 valence electrons. The van der Waals surface area contributed by atoms with Crippen LogP contribution in [0.4, 0.5) is 17.6 Å². The van der Waals surface area contributed by atoms with E-state index >= 15 is 0 Å². The summed E-state index contributed by atoms with van der Waals surface area (Å²) in [5.41, 5.74) is 1.32. The van der Waals surface area contributed by atoms with E-state index in [1.807, 2.05) is 4.90 Å². The summed E-state index contributed by atoms with van der Waals surface area (Å²) in [6.07, 6.45) is -0.813. The van der Waals surface area contributed by atoms with Gasteiger partial charge in [-0.25, -0.2) is 4.39 Å². The van der Waals surface area contributed by atoms with Gasteiger partial charge in [0, 0.05) is 36.9 Å². The molecule has 1 aliphatic carbocycles. The molecule has 3 fully saturated rings. The highest BCUT2D eigenvalue weighted by atomic mass is 19.4. The van der Waals surface area contributed by atoms with Crippen molar-refractivity contribution >= 4 is 5.97 Å². The molecule has 41 heavy (non-hydrogen) atoms. The first kappa shape index (κ1) is 28.5. The van der Waals surface area contributed by atoms with Crippen molar-refractivity contribution in [2.75, 3.05) is 26.3 Å². The van der Waals surface area contributed by atoms with E-state index in [2.05, 4.69) is 18.2 Å². The molecule has 3 unspecified atom stereocenters. The maximum Gasteiger partial charge on any atom is 0.416 e. The predicted molar refractivity (Wildman–Crippen MR) is 144 cm³/mol. The molecule has 5 nitrogen and oxygen atoms in total. The third kappa shape index (κ3) is 5.59. The molecule has 3 heterocycles. The lowest BCUT2D eigenvalue weighted by atomic mass is 9.71. The number of carboxylic acids is 1. The second-order valence-electron chi connectivity index (χ2n) is 12.5. The Bertz CT molecular complexity index is 1280. The van der Waals surface area contributed by atoms with Gasteiger partial charge in [0.2, 0.25) is 0 Å². The Morgan fingerprint density at radius 3 is 2.37 bits per heavy atom. The number of nitrogens with zero attached hydrogens (tertiary/aromatic N) is 1. The second kappa shape index (κ2) is 10.9. The van der Waals surface area contributed by atoms with Crippen molar-refractivity contribution in [3.8, 4) is 5.75 Å². The molecule has 0 radical (unpaired) electrons. The molecule has 7 atom stereocenters. The van der Waals surface area contributed by atoms with Crippen LogP contribution in [-0.4, -0.2) is 48.4 Å². The summed E-state index contributed by atoms with van der Waals surface area (Å²) < 4.78 is 68.0. The Hall–Kier alpha value is -2.65. The van der Waals surface area contributed by atoms with Crippen LogP contribution in [0.2, 0.25) is 0 Å². The van der Waals surface area contributed by atoms with Gasteiger partial charge in [-0.15, -0.1) is 0 Å². The first-order valence-corrected chi connectivity index (χ1v) is 14.7. The number of likely N-dealkylation sites (tertiary alicyclic amines) is 1. The van der Waals surface area contributed by atoms with Gasteiger partial charge < -0.3 is 14.6 Å². The smallest absolute Gasteiger partial charge is 0.416 e. The molecule has 3 aliphatic heterocycles. The van der Waals surface area contributed by atoms with Crippen LogP contribution in [0, 0.1) is 35.4 Å². The van der Waals surface area contributed by atoms with Gasteiger partial charge in [-0.3, -0.25) is 9.69 Å². The van der Waals surface area contributed by atoms with E-state index in [1.54, 1.807) is 13.8 Å². The van der Waals surface area contributed by atoms with Crippen molar-refractivity contribution in [2.45, 2.75) is 63.8 Å². The number of ether oxygens (including phenoxy) is 2. The highest BCUT2D eigenvalue weighted by Gasteiger charge is 2.48. The number of aryl methyl sites for hydroxylation is 1. The lowest BCUT2D eigenvalue weighted by Gasteiger charge is -2.51. The molecular weight excluding hydrogens is 538 g/mol. The number of hydrogen-bond donors (Lipinski definition) is 1. The Balaban J connectivity index is 1.21. The van der Waals surface area contributed by atoms with Crippen LogP contribution in [0.15, 0.2) is 36.4 Å². The van der Waals surface area contributed by atoms with Crippen LogP contribution in [0.3, 0.4) is 0 Å². The third-order valence-corrected chi connectivity index (χ3v) is 9.95. The van der Waals surface area contributed by atoms with Crippen LogP contribution in [0.1, 0.15) is 67.3 Å². The van der Waals surface area contributed by atoms with Gasteiger partial charge in [0.25, 0.3) is 0 Å². The summed E-state index contributed by atoms with van der Waals surface area (Å²) >= 11 is 0. The van der Waals surface area contributed by atoms with E-state index in [0.29, 0.717) is 32.2 Å². The molecule has 2 saturated heterocycles. The number of carbonyl (C=O) groups is 1. The number of halogens is 4. The minimum Gasteiger partial charge on any atom is -0.490 e. The second-order valence-corrected chi connectivity index (χ2v) is 12.5. The zero-order valence-corrected chi connectivity index (χ0v) is 23.4. The summed E-state index contributed by atoms with van der Waals surface area (Å²) in [7, 11) is 0. The first-order valence-electron chi connectivity index (χ1n) is 14.7. The summed E-state index contributed by atoms with van der Waals surface area (Å²) in [6, 6.07) is 8.32. The SMILES string of the molecule is CC(c1cc(F)ccc1C(F)(F)F)N1C[C@H]2COC[C@@H](C1)C2C1CCc2ccc([C@H](C3CC3)[C@H](C)C(=O)O)cc2O1. The van der Waals surface area contributed by atoms with E-state index in [0.717, 1.165) is 60.8 Å². The molecule has 0 spiro atoms. The van der Waals surface area contributed by atoms with E-state index < -0.39 is 35.5 Å². The van der Waals surface area contributed by atoms with Crippen molar-refractivity contribution in [3.63, 3.8) is 0 Å². The molecule has 6 rings (SSSR count).